The van der Waals surface area contributed by atoms with Gasteiger partial charge >= 0.3 is 16.2 Å². The number of aliphatic carboxylic acids is 1. The largest absolute Gasteiger partial charge is 0.477 e. The topological polar surface area (TPSA) is 156 Å². The average molecular weight is 461 g/mol. The zero-order chi connectivity index (χ0) is 22.0. The van der Waals surface area contributed by atoms with Gasteiger partial charge in [0.1, 0.15) is 5.70 Å². The number of carboxylic acid groups (broad SMARTS) is 1. The second kappa shape index (κ2) is 7.48. The fourth-order valence-electron chi connectivity index (χ4n) is 4.72. The third kappa shape index (κ3) is 3.23. The Morgan fingerprint density at radius 1 is 1.33 bits per heavy atom. The molecule has 166 valence electrons. The van der Waals surface area contributed by atoms with Gasteiger partial charge in [-0.15, -0.1) is 11.8 Å². The first-order valence-corrected chi connectivity index (χ1v) is 12.1. The number of amides is 2. The van der Waals surface area contributed by atoms with Gasteiger partial charge in [0.2, 0.25) is 5.91 Å². The highest BCUT2D eigenvalue weighted by Gasteiger charge is 2.60. The average Bonchev–Trinajstić information content (AvgIpc) is 3.31. The lowest BCUT2D eigenvalue weighted by molar-refractivity contribution is -0.163. The van der Waals surface area contributed by atoms with Crippen LogP contribution >= 0.6 is 11.8 Å². The number of carbonyl (C=O) groups is 3. The number of nitrogens with one attached hydrogen (secondary N) is 2. The van der Waals surface area contributed by atoms with E-state index in [0.717, 1.165) is 4.31 Å². The number of β-lactam (4-membered cyclic amide) rings is 1. The summed E-state index contributed by atoms with van der Waals surface area (Å²) in [6.45, 7) is 4.04. The molecule has 0 aliphatic carbocycles. The summed E-state index contributed by atoms with van der Waals surface area (Å²) < 4.78 is 26.9. The Morgan fingerprint density at radius 3 is 2.60 bits per heavy atom. The number of nitrogens with zero attached hydrogens (tertiary/aromatic N) is 2. The van der Waals surface area contributed by atoms with Gasteiger partial charge in [-0.1, -0.05) is 6.92 Å². The number of aliphatic hydroxyl groups is 1. The highest BCUT2D eigenvalue weighted by atomic mass is 32.2. The van der Waals surface area contributed by atoms with Crippen molar-refractivity contribution in [2.75, 3.05) is 19.6 Å². The molecule has 13 heteroatoms. The summed E-state index contributed by atoms with van der Waals surface area (Å²) in [5.41, 5.74) is -0.0551. The van der Waals surface area contributed by atoms with Gasteiger partial charge in [-0.25, -0.2) is 9.10 Å². The number of fused-ring (bicyclic) bond motifs is 1. The second-order valence-electron chi connectivity index (χ2n) is 8.02. The molecule has 0 aromatic carbocycles. The Morgan fingerprint density at radius 2 is 2.03 bits per heavy atom. The van der Waals surface area contributed by atoms with E-state index >= 15 is 0 Å². The van der Waals surface area contributed by atoms with Crippen molar-refractivity contribution in [1.82, 2.24) is 19.2 Å². The molecule has 0 aromatic heterocycles. The van der Waals surface area contributed by atoms with Crippen LogP contribution in [0.2, 0.25) is 0 Å². The first-order valence-electron chi connectivity index (χ1n) is 9.74. The van der Waals surface area contributed by atoms with Crippen LogP contribution < -0.4 is 10.0 Å². The molecule has 0 saturated carbocycles. The van der Waals surface area contributed by atoms with Gasteiger partial charge in [-0.05, 0) is 13.3 Å². The van der Waals surface area contributed by atoms with Gasteiger partial charge in [0, 0.05) is 29.2 Å². The highest BCUT2D eigenvalue weighted by molar-refractivity contribution is 8.03. The van der Waals surface area contributed by atoms with Gasteiger partial charge in [-0.2, -0.15) is 13.1 Å². The lowest BCUT2D eigenvalue weighted by Gasteiger charge is -2.46. The maximum absolute atomic E-state index is 12.6. The van der Waals surface area contributed by atoms with Gasteiger partial charge in [-0.3, -0.25) is 9.59 Å². The number of aliphatic hydroxyl groups excluding tert-OH is 1. The van der Waals surface area contributed by atoms with Gasteiger partial charge in [0.25, 0.3) is 5.91 Å². The number of carbonyl (C=O) groups excluding carboxylic acids is 2. The molecule has 2 amide bonds. The summed E-state index contributed by atoms with van der Waals surface area (Å²) in [7, 11) is -3.79. The van der Waals surface area contributed by atoms with E-state index in [-0.39, 0.29) is 35.9 Å². The van der Waals surface area contributed by atoms with Crippen LogP contribution in [0.25, 0.3) is 0 Å². The summed E-state index contributed by atoms with van der Waals surface area (Å²) in [5.74, 6) is -2.99. The van der Waals surface area contributed by atoms with Crippen molar-refractivity contribution in [1.29, 1.82) is 0 Å². The van der Waals surface area contributed by atoms with Crippen molar-refractivity contribution < 1.29 is 33.0 Å². The Labute approximate surface area is 178 Å². The van der Waals surface area contributed by atoms with E-state index in [1.807, 2.05) is 6.92 Å². The van der Waals surface area contributed by atoms with Crippen LogP contribution in [0.5, 0.6) is 0 Å². The summed E-state index contributed by atoms with van der Waals surface area (Å²) in [4.78, 5) is 38.7. The second-order valence-corrected chi connectivity index (χ2v) is 11.0. The molecule has 0 spiro atoms. The normalized spacial score (nSPS) is 36.1. The standard InChI is InChI=1S/C17H24N4O7S2/c1-7-12-11(8(2)22)16(24)21(12)13(17(25)26)14(7)29-9-5-10(18-6-9)15(23)20-4-3-19-30(20,27)28/h7-12,18-19,22H,3-6H2,1-2H3,(H,25,26)/t7-,8-,9+,10+,11?,12?/m1/s1. The van der Waals surface area contributed by atoms with Crippen molar-refractivity contribution in [3.05, 3.63) is 10.6 Å². The van der Waals surface area contributed by atoms with Crippen LogP contribution in [0.15, 0.2) is 10.6 Å². The van der Waals surface area contributed by atoms with Crippen molar-refractivity contribution in [2.45, 2.75) is 43.7 Å². The van der Waals surface area contributed by atoms with Crippen molar-refractivity contribution in [3.8, 4) is 0 Å². The molecule has 4 aliphatic rings. The van der Waals surface area contributed by atoms with E-state index < -0.39 is 46.2 Å². The van der Waals surface area contributed by atoms with E-state index in [2.05, 4.69) is 10.0 Å². The van der Waals surface area contributed by atoms with Crippen LogP contribution in [0.4, 0.5) is 0 Å². The molecule has 4 aliphatic heterocycles. The van der Waals surface area contributed by atoms with E-state index in [1.165, 1.54) is 23.6 Å². The fourth-order valence-corrected chi connectivity index (χ4v) is 7.40. The van der Waals surface area contributed by atoms with E-state index in [4.69, 9.17) is 0 Å². The molecule has 4 N–H and O–H groups in total. The van der Waals surface area contributed by atoms with Gasteiger partial charge < -0.3 is 20.4 Å². The summed E-state index contributed by atoms with van der Waals surface area (Å²) in [6.07, 6.45) is -0.524. The fraction of sp³-hybridized carbons (Fsp3) is 0.706. The SMILES string of the molecule is C[C@@H](O)C1C(=O)N2C(C(=O)O)=C(S[C@@H]3CN[C@H](C(=O)N4CCNS4(=O)=O)C3)[C@H](C)C12. The predicted octanol–water partition coefficient (Wildman–Crippen LogP) is -1.72. The van der Waals surface area contributed by atoms with E-state index in [0.29, 0.717) is 17.9 Å². The lowest BCUT2D eigenvalue weighted by atomic mass is 9.79. The van der Waals surface area contributed by atoms with E-state index in [9.17, 15) is 33.0 Å². The zero-order valence-electron chi connectivity index (χ0n) is 16.4. The van der Waals surface area contributed by atoms with Gasteiger partial charge in [0.15, 0.2) is 0 Å². The molecule has 3 saturated heterocycles. The first-order chi connectivity index (χ1) is 14.0. The molecule has 30 heavy (non-hydrogen) atoms. The number of hydrogen-bond acceptors (Lipinski definition) is 8. The molecule has 6 atom stereocenters. The molecule has 11 nitrogen and oxygen atoms in total. The molecular formula is C17H24N4O7S2. The smallest absolute Gasteiger partial charge is 0.353 e. The third-order valence-corrected chi connectivity index (χ3v) is 9.15. The van der Waals surface area contributed by atoms with Crippen LogP contribution in [0.3, 0.4) is 0 Å². The minimum absolute atomic E-state index is 0.0551. The van der Waals surface area contributed by atoms with E-state index in [1.54, 1.807) is 0 Å². The Kier molecular flexibility index (Phi) is 5.37. The lowest BCUT2D eigenvalue weighted by Crippen LogP contribution is -2.63. The molecule has 4 heterocycles. The minimum Gasteiger partial charge on any atom is -0.477 e. The maximum Gasteiger partial charge on any atom is 0.353 e. The number of carboxylic acids is 1. The number of rotatable bonds is 5. The number of hydrogen-bond donors (Lipinski definition) is 4. The molecule has 0 radical (unpaired) electrons. The molecule has 0 aromatic rings. The Hall–Kier alpha value is -1.67. The number of thioether (sulfide) groups is 1. The van der Waals surface area contributed by atoms with Crippen molar-refractivity contribution >= 4 is 39.8 Å². The molecule has 0 bridgehead atoms. The maximum atomic E-state index is 12.6. The van der Waals surface area contributed by atoms with Gasteiger partial charge in [0.05, 0.1) is 30.7 Å². The van der Waals surface area contributed by atoms with Crippen LogP contribution in [0, 0.1) is 11.8 Å². The zero-order valence-corrected chi connectivity index (χ0v) is 18.1. The molecular weight excluding hydrogens is 436 g/mol. The van der Waals surface area contributed by atoms with Crippen molar-refractivity contribution in [3.63, 3.8) is 0 Å². The molecule has 2 unspecified atom stereocenters. The Bertz CT molecular complexity index is 934. The predicted molar refractivity (Wildman–Crippen MR) is 106 cm³/mol. The molecule has 4 rings (SSSR count). The summed E-state index contributed by atoms with van der Waals surface area (Å²) in [5, 5.41) is 22.5. The first kappa shape index (κ1) is 21.6. The summed E-state index contributed by atoms with van der Waals surface area (Å²) >= 11 is 1.31. The highest BCUT2D eigenvalue weighted by Crippen LogP contribution is 2.51. The third-order valence-electron chi connectivity index (χ3n) is 6.13. The van der Waals surface area contributed by atoms with Crippen LogP contribution in [0.1, 0.15) is 20.3 Å². The van der Waals surface area contributed by atoms with Crippen LogP contribution in [-0.2, 0) is 24.6 Å². The minimum atomic E-state index is -3.79. The Balaban J connectivity index is 1.49. The van der Waals surface area contributed by atoms with Crippen LogP contribution in [-0.4, -0.2) is 88.7 Å². The van der Waals surface area contributed by atoms with Crippen molar-refractivity contribution in [2.24, 2.45) is 11.8 Å². The molecule has 3 fully saturated rings. The quantitative estimate of drug-likeness (QED) is 0.350. The monoisotopic (exact) mass is 460 g/mol. The summed E-state index contributed by atoms with van der Waals surface area (Å²) in [6, 6.07) is -1.06.